The number of carbonyl (C=O) groups excluding carboxylic acids is 1. The minimum absolute atomic E-state index is 0.299. The molecule has 2 N–H and O–H groups in total. The van der Waals surface area contributed by atoms with Gasteiger partial charge in [0.2, 0.25) is 0 Å². The molecule has 0 aliphatic carbocycles. The first kappa shape index (κ1) is 24.3. The molecule has 35 heavy (non-hydrogen) atoms. The molecule has 3 aromatic rings. The van der Waals surface area contributed by atoms with Gasteiger partial charge in [0.25, 0.3) is 15.9 Å². The standard InChI is InChI=1S/C23H27N5O4S3/c29-22(25-30)20-15-24-23(34-20)27-10-12-28(13-11-27)35(31,32)21-7-6-19(33-21)18-5-3-4-17(14-18)16-26-8-1-2-9-26/h3-7,14-15,30H,1-2,8-13,16H2,(H,25,29). The third-order valence-electron chi connectivity index (χ3n) is 6.32. The molecular formula is C23H27N5O4S3. The number of thiazole rings is 1. The maximum atomic E-state index is 13.3. The van der Waals surface area contributed by atoms with Crippen molar-refractivity contribution < 1.29 is 18.4 Å². The molecule has 186 valence electrons. The highest BCUT2D eigenvalue weighted by molar-refractivity contribution is 7.91. The first-order valence-corrected chi connectivity index (χ1v) is 14.6. The molecule has 0 radical (unpaired) electrons. The number of sulfonamides is 1. The van der Waals surface area contributed by atoms with Gasteiger partial charge in [0.1, 0.15) is 9.09 Å². The van der Waals surface area contributed by atoms with Gasteiger partial charge in [-0.3, -0.25) is 14.9 Å². The number of anilines is 1. The van der Waals surface area contributed by atoms with Gasteiger partial charge in [-0.1, -0.05) is 29.5 Å². The highest BCUT2D eigenvalue weighted by Crippen LogP contribution is 2.34. The molecule has 0 unspecified atom stereocenters. The zero-order valence-corrected chi connectivity index (χ0v) is 21.5. The van der Waals surface area contributed by atoms with Gasteiger partial charge in [-0.25, -0.2) is 18.9 Å². The number of carbonyl (C=O) groups is 1. The Labute approximate surface area is 212 Å². The summed E-state index contributed by atoms with van der Waals surface area (Å²) in [5.41, 5.74) is 3.90. The van der Waals surface area contributed by atoms with Crippen molar-refractivity contribution in [2.75, 3.05) is 44.2 Å². The van der Waals surface area contributed by atoms with E-state index in [-0.39, 0.29) is 0 Å². The van der Waals surface area contributed by atoms with E-state index >= 15 is 0 Å². The lowest BCUT2D eigenvalue weighted by atomic mass is 10.1. The normalized spacial score (nSPS) is 17.7. The summed E-state index contributed by atoms with van der Waals surface area (Å²) in [5, 5.41) is 9.41. The molecule has 0 saturated carbocycles. The molecule has 12 heteroatoms. The van der Waals surface area contributed by atoms with E-state index in [4.69, 9.17) is 5.21 Å². The number of piperazine rings is 1. The maximum absolute atomic E-state index is 13.3. The topological polar surface area (TPSA) is 106 Å². The number of hydrogen-bond acceptors (Lipinski definition) is 9. The van der Waals surface area contributed by atoms with Crippen LogP contribution in [0.15, 0.2) is 46.8 Å². The van der Waals surface area contributed by atoms with E-state index in [0.717, 1.165) is 41.4 Å². The number of amides is 1. The average Bonchev–Trinajstić information content (AvgIpc) is 3.66. The number of rotatable bonds is 7. The second kappa shape index (κ2) is 10.3. The summed E-state index contributed by atoms with van der Waals surface area (Å²) < 4.78 is 28.5. The summed E-state index contributed by atoms with van der Waals surface area (Å²) in [7, 11) is -3.59. The predicted molar refractivity (Wildman–Crippen MR) is 137 cm³/mol. The number of thiophene rings is 1. The van der Waals surface area contributed by atoms with Crippen molar-refractivity contribution in [3.8, 4) is 10.4 Å². The molecule has 2 aromatic heterocycles. The van der Waals surface area contributed by atoms with Gasteiger partial charge in [-0.05, 0) is 55.3 Å². The average molecular weight is 534 g/mol. The van der Waals surface area contributed by atoms with Crippen LogP contribution in [-0.4, -0.2) is 73.0 Å². The fraction of sp³-hybridized carbons (Fsp3) is 0.391. The van der Waals surface area contributed by atoms with Crippen LogP contribution in [0, 0.1) is 0 Å². The lowest BCUT2D eigenvalue weighted by molar-refractivity contribution is 0.0710. The number of hydrogen-bond donors (Lipinski definition) is 2. The Kier molecular flexibility index (Phi) is 7.19. The first-order valence-electron chi connectivity index (χ1n) is 11.5. The third-order valence-corrected chi connectivity index (χ3v) is 10.9. The smallest absolute Gasteiger partial charge is 0.286 e. The van der Waals surface area contributed by atoms with Gasteiger partial charge < -0.3 is 4.90 Å². The maximum Gasteiger partial charge on any atom is 0.286 e. The Morgan fingerprint density at radius 3 is 2.54 bits per heavy atom. The zero-order valence-electron chi connectivity index (χ0n) is 19.1. The van der Waals surface area contributed by atoms with Gasteiger partial charge in [-0.2, -0.15) is 4.31 Å². The van der Waals surface area contributed by atoms with Crippen LogP contribution in [0.25, 0.3) is 10.4 Å². The molecule has 9 nitrogen and oxygen atoms in total. The molecule has 2 saturated heterocycles. The summed E-state index contributed by atoms with van der Waals surface area (Å²) in [4.78, 5) is 21.4. The molecule has 4 heterocycles. The molecule has 1 amide bonds. The minimum Gasteiger partial charge on any atom is -0.345 e. The van der Waals surface area contributed by atoms with Crippen LogP contribution < -0.4 is 10.4 Å². The highest BCUT2D eigenvalue weighted by atomic mass is 32.2. The summed E-state index contributed by atoms with van der Waals surface area (Å²) >= 11 is 2.47. The molecule has 0 bridgehead atoms. The number of likely N-dealkylation sites (tertiary alicyclic amines) is 1. The fourth-order valence-corrected chi connectivity index (χ4v) is 8.19. The van der Waals surface area contributed by atoms with Gasteiger partial charge in [-0.15, -0.1) is 11.3 Å². The van der Waals surface area contributed by atoms with Crippen LogP contribution in [0.1, 0.15) is 28.1 Å². The van der Waals surface area contributed by atoms with Gasteiger partial charge in [0.15, 0.2) is 5.13 Å². The summed E-state index contributed by atoms with van der Waals surface area (Å²) in [6.07, 6.45) is 3.92. The van der Waals surface area contributed by atoms with E-state index in [1.807, 2.05) is 23.1 Å². The van der Waals surface area contributed by atoms with E-state index in [1.54, 1.807) is 11.5 Å². The number of benzene rings is 1. The largest absolute Gasteiger partial charge is 0.345 e. The molecule has 1 aromatic carbocycles. The summed E-state index contributed by atoms with van der Waals surface area (Å²) in [6, 6.07) is 12.0. The third kappa shape index (κ3) is 5.27. The number of nitrogens with zero attached hydrogens (tertiary/aromatic N) is 4. The van der Waals surface area contributed by atoms with Gasteiger partial charge >= 0.3 is 0 Å². The molecule has 2 aliphatic rings. The summed E-state index contributed by atoms with van der Waals surface area (Å²) in [6.45, 7) is 4.83. The van der Waals surface area contributed by atoms with Crippen LogP contribution in [0.2, 0.25) is 0 Å². The second-order valence-electron chi connectivity index (χ2n) is 8.64. The van der Waals surface area contributed by atoms with Crippen molar-refractivity contribution in [3.63, 3.8) is 0 Å². The monoisotopic (exact) mass is 533 g/mol. The Balaban J connectivity index is 1.25. The van der Waals surface area contributed by atoms with Gasteiger partial charge in [0.05, 0.1) is 6.20 Å². The number of aromatic nitrogens is 1. The molecule has 0 spiro atoms. The van der Waals surface area contributed by atoms with Crippen LogP contribution in [0.5, 0.6) is 0 Å². The van der Waals surface area contributed by atoms with Crippen molar-refractivity contribution in [2.24, 2.45) is 0 Å². The quantitative estimate of drug-likeness (QED) is 0.355. The van der Waals surface area contributed by atoms with E-state index in [0.29, 0.717) is 40.4 Å². The van der Waals surface area contributed by atoms with E-state index in [2.05, 4.69) is 22.0 Å². The Morgan fingerprint density at radius 1 is 1.03 bits per heavy atom. The Morgan fingerprint density at radius 2 is 1.80 bits per heavy atom. The Bertz CT molecular complexity index is 1290. The van der Waals surface area contributed by atoms with E-state index < -0.39 is 15.9 Å². The second-order valence-corrected chi connectivity index (χ2v) is 12.9. The lowest BCUT2D eigenvalue weighted by Crippen LogP contribution is -2.48. The van der Waals surface area contributed by atoms with E-state index in [1.165, 1.54) is 40.2 Å². The summed E-state index contributed by atoms with van der Waals surface area (Å²) in [5.74, 6) is -0.606. The van der Waals surface area contributed by atoms with Crippen molar-refractivity contribution in [1.82, 2.24) is 19.7 Å². The van der Waals surface area contributed by atoms with Crippen molar-refractivity contribution in [2.45, 2.75) is 23.6 Å². The number of nitrogens with one attached hydrogen (secondary N) is 1. The Hall–Kier alpha value is -2.35. The molecule has 5 rings (SSSR count). The molecule has 0 atom stereocenters. The first-order chi connectivity index (χ1) is 16.9. The zero-order chi connectivity index (χ0) is 24.4. The fourth-order valence-electron chi connectivity index (χ4n) is 4.45. The van der Waals surface area contributed by atoms with Crippen molar-refractivity contribution >= 4 is 43.7 Å². The SMILES string of the molecule is O=C(NO)c1cnc(N2CCN(S(=O)(=O)c3ccc(-c4cccc(CN5CCCC5)c4)s3)CC2)s1. The van der Waals surface area contributed by atoms with Crippen LogP contribution in [0.4, 0.5) is 5.13 Å². The van der Waals surface area contributed by atoms with Crippen molar-refractivity contribution in [1.29, 1.82) is 0 Å². The van der Waals surface area contributed by atoms with Gasteiger partial charge in [0, 0.05) is 37.6 Å². The highest BCUT2D eigenvalue weighted by Gasteiger charge is 2.31. The van der Waals surface area contributed by atoms with Crippen molar-refractivity contribution in [3.05, 3.63) is 53.0 Å². The number of hydroxylamine groups is 1. The molecular weight excluding hydrogens is 506 g/mol. The predicted octanol–water partition coefficient (Wildman–Crippen LogP) is 3.10. The lowest BCUT2D eigenvalue weighted by Gasteiger charge is -2.33. The van der Waals surface area contributed by atoms with Crippen LogP contribution >= 0.6 is 22.7 Å². The van der Waals surface area contributed by atoms with Crippen LogP contribution in [0.3, 0.4) is 0 Å². The van der Waals surface area contributed by atoms with E-state index in [9.17, 15) is 13.2 Å². The molecule has 2 aliphatic heterocycles. The molecule has 2 fully saturated rings. The van der Waals surface area contributed by atoms with Crippen LogP contribution in [-0.2, 0) is 16.6 Å². The minimum atomic E-state index is -3.59.